The minimum atomic E-state index is -0.790. The Morgan fingerprint density at radius 2 is 1.93 bits per heavy atom. The topological polar surface area (TPSA) is 86.5 Å². The molecule has 0 N–H and O–H groups in total. The minimum Gasteiger partial charge on any atom is -0.422 e. The number of nitro groups is 1. The summed E-state index contributed by atoms with van der Waals surface area (Å²) in [6.07, 6.45) is 3.08. The number of ether oxygens (including phenoxy) is 1. The fourth-order valence-corrected chi connectivity index (χ4v) is 3.30. The zero-order chi connectivity index (χ0) is 20.1. The van der Waals surface area contributed by atoms with Gasteiger partial charge in [0.25, 0.3) is 5.69 Å². The average Bonchev–Trinajstić information content (AvgIpc) is 3.21. The van der Waals surface area contributed by atoms with Crippen LogP contribution in [-0.2, 0) is 0 Å². The summed E-state index contributed by atoms with van der Waals surface area (Å²) in [5.74, 6) is -1.06. The highest BCUT2D eigenvalue weighted by atomic mass is 79.9. The number of hydrogen-bond donors (Lipinski definition) is 0. The van der Waals surface area contributed by atoms with Gasteiger partial charge in [-0.05, 0) is 47.9 Å². The molecule has 0 unspecified atom stereocenters. The van der Waals surface area contributed by atoms with Crippen LogP contribution in [0.15, 0.2) is 70.5 Å². The number of carbonyl (C=O) groups excluding carboxylic acids is 2. The van der Waals surface area contributed by atoms with E-state index in [0.717, 1.165) is 10.9 Å². The maximum absolute atomic E-state index is 12.6. The van der Waals surface area contributed by atoms with E-state index in [-0.39, 0.29) is 28.3 Å². The summed E-state index contributed by atoms with van der Waals surface area (Å²) >= 11 is 4.79. The van der Waals surface area contributed by atoms with Gasteiger partial charge in [-0.2, -0.15) is 0 Å². The number of rotatable bonds is 6. The second kappa shape index (κ2) is 8.73. The summed E-state index contributed by atoms with van der Waals surface area (Å²) in [6, 6.07) is 13.6. The monoisotopic (exact) mass is 457 g/mol. The molecule has 0 atom stereocenters. The molecule has 3 rings (SSSR count). The normalized spacial score (nSPS) is 10.8. The first-order chi connectivity index (χ1) is 13.4. The number of nitrogens with zero attached hydrogens (tertiary/aromatic N) is 1. The molecule has 0 saturated heterocycles. The number of halogens is 1. The molecule has 3 aromatic rings. The molecular formula is C20H12BrNO5S. The lowest BCUT2D eigenvalue weighted by Gasteiger charge is -2.09. The van der Waals surface area contributed by atoms with Crippen LogP contribution >= 0.6 is 27.3 Å². The SMILES string of the molecule is O=C(Oc1ccc(Br)cc1C(=O)C=Cc1cccs1)c1cccc([N+](=O)[O-])c1. The molecule has 1 heterocycles. The number of esters is 1. The summed E-state index contributed by atoms with van der Waals surface area (Å²) in [4.78, 5) is 36.2. The quantitative estimate of drug-likeness (QED) is 0.121. The van der Waals surface area contributed by atoms with Crippen molar-refractivity contribution in [2.45, 2.75) is 0 Å². The second-order valence-corrected chi connectivity index (χ2v) is 7.45. The van der Waals surface area contributed by atoms with Gasteiger partial charge in [0, 0.05) is 21.5 Å². The highest BCUT2D eigenvalue weighted by Gasteiger charge is 2.17. The first kappa shape index (κ1) is 19.7. The van der Waals surface area contributed by atoms with Crippen molar-refractivity contribution in [2.75, 3.05) is 0 Å². The molecule has 0 aliphatic carbocycles. The Bertz CT molecular complexity index is 1080. The van der Waals surface area contributed by atoms with Crippen LogP contribution in [0.1, 0.15) is 25.6 Å². The zero-order valence-corrected chi connectivity index (χ0v) is 16.6. The van der Waals surface area contributed by atoms with Crippen LogP contribution in [0.5, 0.6) is 5.75 Å². The molecule has 0 spiro atoms. The van der Waals surface area contributed by atoms with Crippen LogP contribution in [0.3, 0.4) is 0 Å². The lowest BCUT2D eigenvalue weighted by Crippen LogP contribution is -2.11. The third-order valence-electron chi connectivity index (χ3n) is 3.64. The fraction of sp³-hybridized carbons (Fsp3) is 0. The Labute approximate surface area is 172 Å². The minimum absolute atomic E-state index is 0.0182. The van der Waals surface area contributed by atoms with Crippen molar-refractivity contribution in [3.63, 3.8) is 0 Å². The number of carbonyl (C=O) groups is 2. The average molecular weight is 458 g/mol. The molecule has 0 saturated carbocycles. The van der Waals surface area contributed by atoms with E-state index in [9.17, 15) is 19.7 Å². The van der Waals surface area contributed by atoms with Crippen molar-refractivity contribution in [3.8, 4) is 5.75 Å². The van der Waals surface area contributed by atoms with Gasteiger partial charge in [0.05, 0.1) is 16.1 Å². The Balaban J connectivity index is 1.86. The summed E-state index contributed by atoms with van der Waals surface area (Å²) in [7, 11) is 0. The van der Waals surface area contributed by atoms with Crippen molar-refractivity contribution >= 4 is 50.8 Å². The van der Waals surface area contributed by atoms with Gasteiger partial charge in [-0.1, -0.05) is 28.1 Å². The maximum atomic E-state index is 12.6. The third kappa shape index (κ3) is 4.79. The second-order valence-electron chi connectivity index (χ2n) is 5.55. The predicted octanol–water partition coefficient (Wildman–Crippen LogP) is 5.53. The van der Waals surface area contributed by atoms with Gasteiger partial charge in [0.1, 0.15) is 5.75 Å². The van der Waals surface area contributed by atoms with Crippen LogP contribution in [0.4, 0.5) is 5.69 Å². The number of ketones is 1. The van der Waals surface area contributed by atoms with Gasteiger partial charge in [0.15, 0.2) is 5.78 Å². The van der Waals surface area contributed by atoms with E-state index in [1.54, 1.807) is 18.2 Å². The lowest BCUT2D eigenvalue weighted by atomic mass is 10.1. The van der Waals surface area contributed by atoms with Gasteiger partial charge < -0.3 is 4.74 Å². The van der Waals surface area contributed by atoms with Crippen molar-refractivity contribution in [3.05, 3.63) is 96.6 Å². The summed E-state index contributed by atoms with van der Waals surface area (Å²) in [5, 5.41) is 12.8. The van der Waals surface area contributed by atoms with Crippen molar-refractivity contribution in [1.82, 2.24) is 0 Å². The molecule has 0 bridgehead atoms. The molecule has 28 heavy (non-hydrogen) atoms. The zero-order valence-electron chi connectivity index (χ0n) is 14.2. The maximum Gasteiger partial charge on any atom is 0.343 e. The predicted molar refractivity (Wildman–Crippen MR) is 110 cm³/mol. The van der Waals surface area contributed by atoms with E-state index in [2.05, 4.69) is 15.9 Å². The highest BCUT2D eigenvalue weighted by Crippen LogP contribution is 2.26. The van der Waals surface area contributed by atoms with E-state index in [1.165, 1.54) is 41.7 Å². The van der Waals surface area contributed by atoms with Gasteiger partial charge in [-0.15, -0.1) is 11.3 Å². The van der Waals surface area contributed by atoms with E-state index in [4.69, 9.17) is 4.74 Å². The van der Waals surface area contributed by atoms with Gasteiger partial charge in [-0.25, -0.2) is 4.79 Å². The summed E-state index contributed by atoms with van der Waals surface area (Å²) in [5.41, 5.74) is -0.00829. The van der Waals surface area contributed by atoms with Crippen LogP contribution in [0.25, 0.3) is 6.08 Å². The number of hydrogen-bond acceptors (Lipinski definition) is 6. The molecule has 2 aromatic carbocycles. The number of nitro benzene ring substituents is 1. The van der Waals surface area contributed by atoms with E-state index in [0.29, 0.717) is 4.47 Å². The number of non-ortho nitro benzene ring substituents is 1. The molecule has 0 aliphatic heterocycles. The van der Waals surface area contributed by atoms with Crippen LogP contribution in [0.2, 0.25) is 0 Å². The fourth-order valence-electron chi connectivity index (χ4n) is 2.32. The van der Waals surface area contributed by atoms with E-state index >= 15 is 0 Å². The third-order valence-corrected chi connectivity index (χ3v) is 4.98. The molecule has 0 fully saturated rings. The number of thiophene rings is 1. The first-order valence-electron chi connectivity index (χ1n) is 7.96. The van der Waals surface area contributed by atoms with Crippen LogP contribution in [-0.4, -0.2) is 16.7 Å². The first-order valence-corrected chi connectivity index (χ1v) is 9.63. The Morgan fingerprint density at radius 3 is 2.64 bits per heavy atom. The van der Waals surface area contributed by atoms with Crippen molar-refractivity contribution < 1.29 is 19.2 Å². The van der Waals surface area contributed by atoms with Gasteiger partial charge in [0.2, 0.25) is 0 Å². The Morgan fingerprint density at radius 1 is 1.11 bits per heavy atom. The molecule has 0 aliphatic rings. The smallest absolute Gasteiger partial charge is 0.343 e. The van der Waals surface area contributed by atoms with Gasteiger partial charge in [-0.3, -0.25) is 14.9 Å². The molecule has 1 aromatic heterocycles. The van der Waals surface area contributed by atoms with Crippen molar-refractivity contribution in [1.29, 1.82) is 0 Å². The van der Waals surface area contributed by atoms with E-state index in [1.807, 2.05) is 17.5 Å². The summed E-state index contributed by atoms with van der Waals surface area (Å²) < 4.78 is 5.99. The molecule has 0 amide bonds. The molecule has 140 valence electrons. The van der Waals surface area contributed by atoms with E-state index < -0.39 is 10.9 Å². The largest absolute Gasteiger partial charge is 0.422 e. The lowest BCUT2D eigenvalue weighted by molar-refractivity contribution is -0.384. The van der Waals surface area contributed by atoms with Crippen molar-refractivity contribution in [2.24, 2.45) is 0 Å². The van der Waals surface area contributed by atoms with Gasteiger partial charge >= 0.3 is 5.97 Å². The molecule has 0 radical (unpaired) electrons. The number of allylic oxidation sites excluding steroid dienone is 1. The standard InChI is InChI=1S/C20H12BrNO5S/c21-14-6-9-19(17(12-14)18(23)8-7-16-5-2-10-28-16)27-20(24)13-3-1-4-15(11-13)22(25)26/h1-12H. The molecular weight excluding hydrogens is 446 g/mol. The molecule has 8 heteroatoms. The number of benzene rings is 2. The summed E-state index contributed by atoms with van der Waals surface area (Å²) in [6.45, 7) is 0. The van der Waals surface area contributed by atoms with Crippen LogP contribution in [0, 0.1) is 10.1 Å². The Hall–Kier alpha value is -3.10. The van der Waals surface area contributed by atoms with Crippen LogP contribution < -0.4 is 4.74 Å². The highest BCUT2D eigenvalue weighted by molar-refractivity contribution is 9.10. The molecule has 6 nitrogen and oxygen atoms in total. The Kier molecular flexibility index (Phi) is 6.13.